The summed E-state index contributed by atoms with van der Waals surface area (Å²) in [7, 11) is 3.53. The number of furan rings is 1. The van der Waals surface area contributed by atoms with E-state index < -0.39 is 0 Å². The number of ether oxygens (including phenoxy) is 1. The molecule has 1 N–H and O–H groups in total. The summed E-state index contributed by atoms with van der Waals surface area (Å²) >= 11 is 0. The fourth-order valence-electron chi connectivity index (χ4n) is 3.34. The smallest absolute Gasteiger partial charge is 0.194 e. The topological polar surface area (TPSA) is 53.2 Å². The van der Waals surface area contributed by atoms with Crippen molar-refractivity contribution >= 4 is 35.6 Å². The van der Waals surface area contributed by atoms with Crippen LogP contribution in [0.4, 0.5) is 5.69 Å². The second kappa shape index (κ2) is 9.87. The lowest BCUT2D eigenvalue weighted by molar-refractivity contribution is 0.372. The standard InChI is InChI=1S/C20H28N4O2.HI/c1-15-13-17(16(2)26-15)14-22-20(21-3)24-11-9-23(10-12-24)18-5-7-19(25-4)8-6-18;/h5-8,13H,9-12,14H2,1-4H3,(H,21,22);1H. The van der Waals surface area contributed by atoms with E-state index in [1.165, 1.54) is 11.3 Å². The number of nitrogens with zero attached hydrogens (tertiary/aromatic N) is 3. The minimum atomic E-state index is 0. The van der Waals surface area contributed by atoms with Gasteiger partial charge in [-0.05, 0) is 44.2 Å². The van der Waals surface area contributed by atoms with Crippen molar-refractivity contribution in [2.45, 2.75) is 20.4 Å². The van der Waals surface area contributed by atoms with E-state index in [4.69, 9.17) is 9.15 Å². The van der Waals surface area contributed by atoms with E-state index in [0.717, 1.165) is 56.0 Å². The maximum Gasteiger partial charge on any atom is 0.194 e. The zero-order valence-corrected chi connectivity index (χ0v) is 18.8. The fourth-order valence-corrected chi connectivity index (χ4v) is 3.34. The molecule has 0 aliphatic carbocycles. The third-order valence-corrected chi connectivity index (χ3v) is 4.81. The largest absolute Gasteiger partial charge is 0.497 e. The Bertz CT molecular complexity index is 750. The Morgan fingerprint density at radius 2 is 1.81 bits per heavy atom. The molecule has 1 fully saturated rings. The van der Waals surface area contributed by atoms with Gasteiger partial charge in [0.05, 0.1) is 7.11 Å². The quantitative estimate of drug-likeness (QED) is 0.410. The van der Waals surface area contributed by atoms with Crippen LogP contribution in [0.5, 0.6) is 5.75 Å². The minimum Gasteiger partial charge on any atom is -0.497 e. The Morgan fingerprint density at radius 3 is 2.33 bits per heavy atom. The van der Waals surface area contributed by atoms with Crippen LogP contribution in [0.15, 0.2) is 39.7 Å². The first kappa shape index (κ1) is 21.4. The summed E-state index contributed by atoms with van der Waals surface area (Å²) in [5.41, 5.74) is 2.42. The average molecular weight is 484 g/mol. The first-order valence-corrected chi connectivity index (χ1v) is 9.01. The number of guanidine groups is 1. The molecule has 2 heterocycles. The van der Waals surface area contributed by atoms with E-state index in [0.29, 0.717) is 0 Å². The van der Waals surface area contributed by atoms with Crippen molar-refractivity contribution in [3.63, 3.8) is 0 Å². The SMILES string of the molecule is CN=C(NCc1cc(C)oc1C)N1CCN(c2ccc(OC)cc2)CC1.I. The van der Waals surface area contributed by atoms with Gasteiger partial charge in [0.15, 0.2) is 5.96 Å². The van der Waals surface area contributed by atoms with Gasteiger partial charge >= 0.3 is 0 Å². The Hall–Kier alpha value is -1.90. The fraction of sp³-hybridized carbons (Fsp3) is 0.450. The van der Waals surface area contributed by atoms with Crippen molar-refractivity contribution < 1.29 is 9.15 Å². The predicted molar refractivity (Wildman–Crippen MR) is 121 cm³/mol. The molecule has 1 aromatic heterocycles. The van der Waals surface area contributed by atoms with Crippen LogP contribution in [0.2, 0.25) is 0 Å². The molecular weight excluding hydrogens is 455 g/mol. The zero-order valence-electron chi connectivity index (χ0n) is 16.5. The number of piperazine rings is 1. The number of nitrogens with one attached hydrogen (secondary N) is 1. The molecule has 0 spiro atoms. The highest BCUT2D eigenvalue weighted by Gasteiger charge is 2.20. The summed E-state index contributed by atoms with van der Waals surface area (Å²) in [6.45, 7) is 8.52. The van der Waals surface area contributed by atoms with Gasteiger partial charge in [-0.1, -0.05) is 0 Å². The number of methoxy groups -OCH3 is 1. The van der Waals surface area contributed by atoms with Crippen molar-refractivity contribution in [2.75, 3.05) is 45.2 Å². The summed E-state index contributed by atoms with van der Waals surface area (Å²) in [6, 6.07) is 10.3. The van der Waals surface area contributed by atoms with Gasteiger partial charge in [0.25, 0.3) is 0 Å². The summed E-state index contributed by atoms with van der Waals surface area (Å²) < 4.78 is 10.8. The monoisotopic (exact) mass is 484 g/mol. The first-order valence-electron chi connectivity index (χ1n) is 9.01. The molecule has 2 aromatic rings. The van der Waals surface area contributed by atoms with Crippen LogP contribution < -0.4 is 15.0 Å². The van der Waals surface area contributed by atoms with Gasteiger partial charge in [-0.2, -0.15) is 0 Å². The third kappa shape index (κ3) is 5.31. The number of hydrogen-bond acceptors (Lipinski definition) is 4. The summed E-state index contributed by atoms with van der Waals surface area (Å²) in [4.78, 5) is 9.15. The van der Waals surface area contributed by atoms with Crippen molar-refractivity contribution in [3.05, 3.63) is 47.4 Å². The van der Waals surface area contributed by atoms with E-state index in [-0.39, 0.29) is 24.0 Å². The van der Waals surface area contributed by atoms with Gasteiger partial charge in [0.1, 0.15) is 17.3 Å². The maximum absolute atomic E-state index is 5.60. The molecule has 1 aliphatic heterocycles. The van der Waals surface area contributed by atoms with Crippen LogP contribution in [0, 0.1) is 13.8 Å². The summed E-state index contributed by atoms with van der Waals surface area (Å²) in [5, 5.41) is 3.46. The molecule has 0 saturated carbocycles. The average Bonchev–Trinajstić information content (AvgIpc) is 3.00. The number of hydrogen-bond donors (Lipinski definition) is 1. The summed E-state index contributed by atoms with van der Waals surface area (Å²) in [6.07, 6.45) is 0. The van der Waals surface area contributed by atoms with Crippen LogP contribution in [0.1, 0.15) is 17.1 Å². The van der Waals surface area contributed by atoms with Gasteiger partial charge in [0.2, 0.25) is 0 Å². The van der Waals surface area contributed by atoms with E-state index >= 15 is 0 Å². The van der Waals surface area contributed by atoms with Gasteiger partial charge in [-0.15, -0.1) is 24.0 Å². The molecule has 27 heavy (non-hydrogen) atoms. The number of aliphatic imine (C=N–C) groups is 1. The highest BCUT2D eigenvalue weighted by molar-refractivity contribution is 14.0. The Balaban J connectivity index is 0.00000261. The van der Waals surface area contributed by atoms with Crippen LogP contribution >= 0.6 is 24.0 Å². The van der Waals surface area contributed by atoms with Crippen LogP contribution in [-0.2, 0) is 6.54 Å². The molecule has 3 rings (SSSR count). The van der Waals surface area contributed by atoms with E-state index in [1.54, 1.807) is 7.11 Å². The van der Waals surface area contributed by atoms with Gasteiger partial charge in [0, 0.05) is 51.0 Å². The molecule has 0 unspecified atom stereocenters. The Labute approximate surface area is 178 Å². The van der Waals surface area contributed by atoms with Crippen molar-refractivity contribution in [1.29, 1.82) is 0 Å². The van der Waals surface area contributed by atoms with Crippen LogP contribution in [0.3, 0.4) is 0 Å². The van der Waals surface area contributed by atoms with Crippen molar-refractivity contribution in [3.8, 4) is 5.75 Å². The molecule has 1 aliphatic rings. The van der Waals surface area contributed by atoms with E-state index in [2.05, 4.69) is 38.3 Å². The summed E-state index contributed by atoms with van der Waals surface area (Å²) in [5.74, 6) is 3.75. The highest BCUT2D eigenvalue weighted by Crippen LogP contribution is 2.20. The lowest BCUT2D eigenvalue weighted by atomic mass is 10.2. The predicted octanol–water partition coefficient (Wildman–Crippen LogP) is 3.42. The Morgan fingerprint density at radius 1 is 1.15 bits per heavy atom. The van der Waals surface area contributed by atoms with E-state index in [9.17, 15) is 0 Å². The molecule has 0 atom stereocenters. The maximum atomic E-state index is 5.60. The van der Waals surface area contributed by atoms with Gasteiger partial charge < -0.3 is 24.3 Å². The molecule has 0 bridgehead atoms. The molecule has 0 radical (unpaired) electrons. The molecule has 6 nitrogen and oxygen atoms in total. The zero-order chi connectivity index (χ0) is 18.5. The normalized spacial score (nSPS) is 14.7. The molecule has 1 aromatic carbocycles. The highest BCUT2D eigenvalue weighted by atomic mass is 127. The van der Waals surface area contributed by atoms with Gasteiger partial charge in [-0.25, -0.2) is 0 Å². The Kier molecular flexibility index (Phi) is 7.82. The molecular formula is C20H29IN4O2. The number of halogens is 1. The second-order valence-electron chi connectivity index (χ2n) is 6.51. The lowest BCUT2D eigenvalue weighted by Gasteiger charge is -2.37. The molecule has 1 saturated heterocycles. The first-order chi connectivity index (χ1) is 12.6. The van der Waals surface area contributed by atoms with Gasteiger partial charge in [-0.3, -0.25) is 4.99 Å². The van der Waals surface area contributed by atoms with Crippen LogP contribution in [-0.4, -0.2) is 51.2 Å². The van der Waals surface area contributed by atoms with Crippen LogP contribution in [0.25, 0.3) is 0 Å². The molecule has 148 valence electrons. The number of benzene rings is 1. The third-order valence-electron chi connectivity index (χ3n) is 4.81. The van der Waals surface area contributed by atoms with Crippen molar-refractivity contribution in [2.24, 2.45) is 4.99 Å². The minimum absolute atomic E-state index is 0. The molecule has 0 amide bonds. The number of aryl methyl sites for hydroxylation is 2. The van der Waals surface area contributed by atoms with E-state index in [1.807, 2.05) is 33.0 Å². The number of anilines is 1. The molecule has 7 heteroatoms. The van der Waals surface area contributed by atoms with Crippen molar-refractivity contribution in [1.82, 2.24) is 10.2 Å². The number of rotatable bonds is 4. The lowest BCUT2D eigenvalue weighted by Crippen LogP contribution is -2.52. The second-order valence-corrected chi connectivity index (χ2v) is 6.51.